The maximum absolute atomic E-state index is 13.0. The SMILES string of the molecule is Cc1sc2ncn(NC(=O)CSc3nnc(NCc4ccc(F)cc4)s3)c(=O)c2c1C. The molecule has 0 bridgehead atoms. The number of carbonyl (C=O) groups is 1. The Morgan fingerprint density at radius 1 is 1.19 bits per heavy atom. The third-order valence-corrected chi connectivity index (χ3v) is 7.55. The molecule has 0 unspecified atom stereocenters. The van der Waals surface area contributed by atoms with E-state index in [4.69, 9.17) is 0 Å². The number of thiophene rings is 1. The molecule has 3 heterocycles. The highest BCUT2D eigenvalue weighted by molar-refractivity contribution is 8.01. The van der Waals surface area contributed by atoms with Gasteiger partial charge < -0.3 is 5.32 Å². The van der Waals surface area contributed by atoms with Gasteiger partial charge in [0.15, 0.2) is 4.34 Å². The largest absolute Gasteiger partial charge is 0.356 e. The van der Waals surface area contributed by atoms with Crippen molar-refractivity contribution in [3.63, 3.8) is 0 Å². The first-order valence-electron chi connectivity index (χ1n) is 9.12. The zero-order valence-electron chi connectivity index (χ0n) is 16.5. The Balaban J connectivity index is 1.33. The van der Waals surface area contributed by atoms with E-state index in [0.717, 1.165) is 20.7 Å². The summed E-state index contributed by atoms with van der Waals surface area (Å²) in [5, 5.41) is 12.3. The fourth-order valence-corrected chi connectivity index (χ4v) is 5.26. The first-order valence-corrected chi connectivity index (χ1v) is 11.7. The summed E-state index contributed by atoms with van der Waals surface area (Å²) in [5.74, 6) is -0.567. The summed E-state index contributed by atoms with van der Waals surface area (Å²) < 4.78 is 14.7. The Kier molecular flexibility index (Phi) is 6.30. The third kappa shape index (κ3) is 4.92. The standard InChI is InChI=1S/C19H17FN6O2S3/c1-10-11(2)30-16-15(10)17(28)26(9-22-16)25-14(27)8-29-19-24-23-18(31-19)21-7-12-3-5-13(20)6-4-12/h3-6,9H,7-8H2,1-2H3,(H,21,23)(H,25,27). The highest BCUT2D eigenvalue weighted by atomic mass is 32.2. The molecule has 0 saturated heterocycles. The molecule has 0 aliphatic rings. The number of nitrogens with zero attached hydrogens (tertiary/aromatic N) is 4. The highest BCUT2D eigenvalue weighted by Crippen LogP contribution is 2.26. The van der Waals surface area contributed by atoms with Crippen molar-refractivity contribution in [2.24, 2.45) is 0 Å². The van der Waals surface area contributed by atoms with Crippen molar-refractivity contribution in [3.05, 3.63) is 62.8 Å². The molecular formula is C19H17FN6O2S3. The number of hydrogen-bond acceptors (Lipinski definition) is 9. The number of hydrogen-bond donors (Lipinski definition) is 2. The number of rotatable bonds is 7. The van der Waals surface area contributed by atoms with Crippen LogP contribution >= 0.6 is 34.4 Å². The molecule has 0 aliphatic heterocycles. The first-order chi connectivity index (χ1) is 14.9. The molecule has 3 aromatic heterocycles. The van der Waals surface area contributed by atoms with Crippen LogP contribution in [0, 0.1) is 19.7 Å². The smallest absolute Gasteiger partial charge is 0.281 e. The molecule has 2 N–H and O–H groups in total. The van der Waals surface area contributed by atoms with Gasteiger partial charge in [-0.3, -0.25) is 15.0 Å². The fraction of sp³-hybridized carbons (Fsp3) is 0.211. The number of carbonyl (C=O) groups excluding carboxylic acids is 1. The number of fused-ring (bicyclic) bond motifs is 1. The zero-order chi connectivity index (χ0) is 22.0. The quantitative estimate of drug-likeness (QED) is 0.393. The van der Waals surface area contributed by atoms with E-state index in [1.54, 1.807) is 12.1 Å². The molecule has 0 aliphatic carbocycles. The van der Waals surface area contributed by atoms with Gasteiger partial charge in [0.1, 0.15) is 17.0 Å². The van der Waals surface area contributed by atoms with Gasteiger partial charge in [-0.05, 0) is 37.1 Å². The number of halogens is 1. The molecule has 4 rings (SSSR count). The van der Waals surface area contributed by atoms with Gasteiger partial charge in [0.2, 0.25) is 11.0 Å². The predicted octanol–water partition coefficient (Wildman–Crippen LogP) is 3.54. The number of anilines is 1. The monoisotopic (exact) mass is 476 g/mol. The Morgan fingerprint density at radius 2 is 1.97 bits per heavy atom. The van der Waals surface area contributed by atoms with E-state index in [1.807, 2.05) is 13.8 Å². The average molecular weight is 477 g/mol. The van der Waals surface area contributed by atoms with E-state index in [9.17, 15) is 14.0 Å². The number of thioether (sulfide) groups is 1. The van der Waals surface area contributed by atoms with Crippen LogP contribution in [0.2, 0.25) is 0 Å². The molecule has 0 fully saturated rings. The maximum atomic E-state index is 13.0. The zero-order valence-corrected chi connectivity index (χ0v) is 19.0. The maximum Gasteiger partial charge on any atom is 0.281 e. The van der Waals surface area contributed by atoms with Gasteiger partial charge in [0, 0.05) is 11.4 Å². The van der Waals surface area contributed by atoms with Crippen LogP contribution in [0.4, 0.5) is 9.52 Å². The highest BCUT2D eigenvalue weighted by Gasteiger charge is 2.14. The van der Waals surface area contributed by atoms with E-state index in [1.165, 1.54) is 52.9 Å². The summed E-state index contributed by atoms with van der Waals surface area (Å²) in [6.07, 6.45) is 1.32. The second kappa shape index (κ2) is 9.12. The molecule has 0 radical (unpaired) electrons. The van der Waals surface area contributed by atoms with Gasteiger partial charge in [0.05, 0.1) is 11.1 Å². The molecular weight excluding hydrogens is 459 g/mol. The molecule has 0 atom stereocenters. The van der Waals surface area contributed by atoms with Crippen molar-refractivity contribution >= 4 is 55.7 Å². The van der Waals surface area contributed by atoms with E-state index < -0.39 is 0 Å². The van der Waals surface area contributed by atoms with Crippen molar-refractivity contribution in [2.75, 3.05) is 16.5 Å². The third-order valence-electron chi connectivity index (χ3n) is 4.43. The van der Waals surface area contributed by atoms with Crippen LogP contribution in [-0.4, -0.2) is 31.5 Å². The van der Waals surface area contributed by atoms with Gasteiger partial charge >= 0.3 is 0 Å². The van der Waals surface area contributed by atoms with Crippen LogP contribution < -0.4 is 16.3 Å². The summed E-state index contributed by atoms with van der Waals surface area (Å²) in [5.41, 5.74) is 4.06. The lowest BCUT2D eigenvalue weighted by atomic mass is 10.2. The van der Waals surface area contributed by atoms with Crippen LogP contribution in [0.5, 0.6) is 0 Å². The Hall–Kier alpha value is -2.83. The van der Waals surface area contributed by atoms with Gasteiger partial charge in [-0.2, -0.15) is 0 Å². The number of amides is 1. The first kappa shape index (κ1) is 21.4. The number of aryl methyl sites for hydroxylation is 2. The lowest BCUT2D eigenvalue weighted by Gasteiger charge is -2.06. The molecule has 12 heteroatoms. The molecule has 0 saturated carbocycles. The topological polar surface area (TPSA) is 102 Å². The van der Waals surface area contributed by atoms with Crippen molar-refractivity contribution < 1.29 is 9.18 Å². The second-order valence-corrected chi connectivity index (χ2v) is 9.96. The summed E-state index contributed by atoms with van der Waals surface area (Å²) in [6, 6.07) is 6.18. The van der Waals surface area contributed by atoms with Gasteiger partial charge in [-0.1, -0.05) is 35.2 Å². The average Bonchev–Trinajstić information content (AvgIpc) is 3.32. The van der Waals surface area contributed by atoms with E-state index >= 15 is 0 Å². The molecule has 1 amide bonds. The number of aromatic nitrogens is 4. The van der Waals surface area contributed by atoms with E-state index in [-0.39, 0.29) is 23.0 Å². The second-order valence-electron chi connectivity index (χ2n) is 6.56. The van der Waals surface area contributed by atoms with Crippen LogP contribution in [0.25, 0.3) is 10.2 Å². The van der Waals surface area contributed by atoms with Gasteiger partial charge in [0.25, 0.3) is 5.56 Å². The summed E-state index contributed by atoms with van der Waals surface area (Å²) >= 11 is 3.98. The van der Waals surface area contributed by atoms with Crippen LogP contribution in [0.1, 0.15) is 16.0 Å². The van der Waals surface area contributed by atoms with Gasteiger partial charge in [-0.25, -0.2) is 14.1 Å². The molecule has 8 nitrogen and oxygen atoms in total. The minimum Gasteiger partial charge on any atom is -0.356 e. The van der Waals surface area contributed by atoms with Crippen molar-refractivity contribution in [1.29, 1.82) is 0 Å². The van der Waals surface area contributed by atoms with Gasteiger partial charge in [-0.15, -0.1) is 21.5 Å². The fourth-order valence-electron chi connectivity index (χ4n) is 2.73. The van der Waals surface area contributed by atoms with Crippen LogP contribution in [0.15, 0.2) is 39.7 Å². The summed E-state index contributed by atoms with van der Waals surface area (Å²) in [6.45, 7) is 4.29. The number of benzene rings is 1. The molecule has 1 aromatic carbocycles. The Bertz CT molecular complexity index is 1300. The molecule has 4 aromatic rings. The predicted molar refractivity (Wildman–Crippen MR) is 122 cm³/mol. The lowest BCUT2D eigenvalue weighted by Crippen LogP contribution is -2.34. The Labute approximate surface area is 188 Å². The van der Waals surface area contributed by atoms with E-state index in [0.29, 0.717) is 26.2 Å². The van der Waals surface area contributed by atoms with Crippen LogP contribution in [0.3, 0.4) is 0 Å². The summed E-state index contributed by atoms with van der Waals surface area (Å²) in [4.78, 5) is 30.9. The van der Waals surface area contributed by atoms with Crippen molar-refractivity contribution in [1.82, 2.24) is 19.9 Å². The van der Waals surface area contributed by atoms with Crippen molar-refractivity contribution in [2.45, 2.75) is 24.7 Å². The minimum absolute atomic E-state index is 0.0682. The van der Waals surface area contributed by atoms with Crippen LogP contribution in [-0.2, 0) is 11.3 Å². The molecule has 160 valence electrons. The molecule has 0 spiro atoms. The Morgan fingerprint density at radius 3 is 2.74 bits per heavy atom. The van der Waals surface area contributed by atoms with Crippen molar-refractivity contribution in [3.8, 4) is 0 Å². The lowest BCUT2D eigenvalue weighted by molar-refractivity contribution is -0.114. The summed E-state index contributed by atoms with van der Waals surface area (Å²) in [7, 11) is 0. The van der Waals surface area contributed by atoms with E-state index in [2.05, 4.69) is 25.9 Å². The minimum atomic E-state index is -0.353. The molecule has 31 heavy (non-hydrogen) atoms. The normalized spacial score (nSPS) is 11.1. The number of nitrogens with one attached hydrogen (secondary N) is 2.